The quantitative estimate of drug-likeness (QED) is 0.183. The van der Waals surface area contributed by atoms with Crippen LogP contribution in [0.25, 0.3) is 22.3 Å². The van der Waals surface area contributed by atoms with Gasteiger partial charge in [0.25, 0.3) is 5.69 Å². The third-order valence-electron chi connectivity index (χ3n) is 5.43. The van der Waals surface area contributed by atoms with Crippen LogP contribution in [0.2, 0.25) is 0 Å². The molecule has 0 spiro atoms. The summed E-state index contributed by atoms with van der Waals surface area (Å²) in [5.74, 6) is -2.24. The van der Waals surface area contributed by atoms with E-state index in [4.69, 9.17) is 0 Å². The van der Waals surface area contributed by atoms with Gasteiger partial charge in [0.1, 0.15) is 0 Å². The summed E-state index contributed by atoms with van der Waals surface area (Å²) >= 11 is 0. The molecule has 10 heteroatoms. The third-order valence-corrected chi connectivity index (χ3v) is 5.43. The van der Waals surface area contributed by atoms with Crippen molar-refractivity contribution >= 4 is 28.9 Å². The number of amides is 2. The van der Waals surface area contributed by atoms with Gasteiger partial charge in [0.2, 0.25) is 0 Å². The summed E-state index contributed by atoms with van der Waals surface area (Å²) in [6.45, 7) is 0. The van der Waals surface area contributed by atoms with E-state index in [0.29, 0.717) is 16.7 Å². The number of halogens is 3. The molecule has 0 aliphatic carbocycles. The van der Waals surface area contributed by atoms with E-state index < -0.39 is 28.5 Å². The summed E-state index contributed by atoms with van der Waals surface area (Å²) in [4.78, 5) is 36.2. The second-order valence-electron chi connectivity index (χ2n) is 7.89. The first-order valence-corrected chi connectivity index (χ1v) is 10.9. The minimum absolute atomic E-state index is 0.00586. The first kappa shape index (κ1) is 25.1. The lowest BCUT2D eigenvalue weighted by Gasteiger charge is -2.15. The van der Waals surface area contributed by atoms with Gasteiger partial charge in [0.15, 0.2) is 0 Å². The number of nitrogens with one attached hydrogen (secondary N) is 2. The molecule has 2 N–H and O–H groups in total. The van der Waals surface area contributed by atoms with Gasteiger partial charge < -0.3 is 10.6 Å². The Balaban J connectivity index is 1.63. The average Bonchev–Trinajstić information content (AvgIpc) is 2.89. The number of carbonyl (C=O) groups excluding carboxylic acids is 2. The summed E-state index contributed by atoms with van der Waals surface area (Å²) in [7, 11) is 0. The van der Waals surface area contributed by atoms with Gasteiger partial charge >= 0.3 is 18.0 Å². The van der Waals surface area contributed by atoms with Crippen LogP contribution in [0.4, 0.5) is 30.2 Å². The first-order chi connectivity index (χ1) is 17.6. The maximum atomic E-state index is 13.3. The number of nitrogens with zero attached hydrogens (tertiary/aromatic N) is 1. The van der Waals surface area contributed by atoms with Gasteiger partial charge in [-0.2, -0.15) is 13.2 Å². The van der Waals surface area contributed by atoms with E-state index >= 15 is 0 Å². The molecule has 4 aromatic rings. The highest BCUT2D eigenvalue weighted by Crippen LogP contribution is 2.36. The summed E-state index contributed by atoms with van der Waals surface area (Å²) < 4.78 is 39.9. The number of hydrogen-bond acceptors (Lipinski definition) is 4. The standard InChI is InChI=1S/C27H18F3N3O4/c28-27(29,30)19-11-13-23(21(15-19)17-7-3-1-4-8-17)31-25(34)26(35)32-24-14-12-20(33(36)37)16-22(24)18-9-5-2-6-10-18/h1-16H,(H,31,34)(H,32,35). The van der Waals surface area contributed by atoms with E-state index in [0.717, 1.165) is 18.2 Å². The van der Waals surface area contributed by atoms with Crippen molar-refractivity contribution in [2.45, 2.75) is 6.18 Å². The van der Waals surface area contributed by atoms with Crippen molar-refractivity contribution in [3.8, 4) is 22.3 Å². The fourth-order valence-corrected chi connectivity index (χ4v) is 3.66. The number of nitro groups is 1. The molecule has 0 atom stereocenters. The van der Waals surface area contributed by atoms with Gasteiger partial charge in [0, 0.05) is 34.6 Å². The van der Waals surface area contributed by atoms with Crippen molar-refractivity contribution in [1.82, 2.24) is 0 Å². The van der Waals surface area contributed by atoms with Gasteiger partial charge in [-0.05, 0) is 35.4 Å². The number of hydrogen-bond donors (Lipinski definition) is 2. The first-order valence-electron chi connectivity index (χ1n) is 10.9. The number of alkyl halides is 3. The Bertz CT molecular complexity index is 1470. The van der Waals surface area contributed by atoms with E-state index in [2.05, 4.69) is 10.6 Å². The lowest BCUT2D eigenvalue weighted by molar-refractivity contribution is -0.384. The minimum Gasteiger partial charge on any atom is -0.317 e. The van der Waals surface area contributed by atoms with Crippen molar-refractivity contribution in [3.05, 3.63) is 113 Å². The van der Waals surface area contributed by atoms with Gasteiger partial charge in [-0.15, -0.1) is 0 Å². The topological polar surface area (TPSA) is 101 Å². The molecule has 0 aliphatic heterocycles. The molecular weight excluding hydrogens is 487 g/mol. The van der Waals surface area contributed by atoms with Crippen molar-refractivity contribution < 1.29 is 27.7 Å². The van der Waals surface area contributed by atoms with Crippen molar-refractivity contribution in [2.75, 3.05) is 10.6 Å². The molecule has 186 valence electrons. The van der Waals surface area contributed by atoms with Crippen LogP contribution in [0.5, 0.6) is 0 Å². The monoisotopic (exact) mass is 505 g/mol. The molecule has 0 fully saturated rings. The molecule has 0 heterocycles. The lowest BCUT2D eigenvalue weighted by Crippen LogP contribution is -2.29. The zero-order valence-corrected chi connectivity index (χ0v) is 19.0. The number of non-ortho nitro benzene ring substituents is 1. The highest BCUT2D eigenvalue weighted by atomic mass is 19.4. The predicted molar refractivity (Wildman–Crippen MR) is 133 cm³/mol. The Labute approximate surface area is 208 Å². The van der Waals surface area contributed by atoms with Crippen LogP contribution < -0.4 is 10.6 Å². The fourth-order valence-electron chi connectivity index (χ4n) is 3.66. The summed E-state index contributed by atoms with van der Waals surface area (Å²) in [5.41, 5.74) is 0.402. The average molecular weight is 505 g/mol. The molecule has 0 bridgehead atoms. The van der Waals surface area contributed by atoms with Crippen molar-refractivity contribution in [2.24, 2.45) is 0 Å². The van der Waals surface area contributed by atoms with E-state index in [9.17, 15) is 32.9 Å². The summed E-state index contributed by atoms with van der Waals surface area (Å²) in [5, 5.41) is 16.1. The molecule has 0 radical (unpaired) electrons. The van der Waals surface area contributed by atoms with Crippen LogP contribution in [0.3, 0.4) is 0 Å². The molecule has 0 aromatic heterocycles. The van der Waals surface area contributed by atoms with Crippen LogP contribution in [0, 0.1) is 10.1 Å². The predicted octanol–water partition coefficient (Wildman–Crippen LogP) is 6.52. The normalized spacial score (nSPS) is 11.0. The van der Waals surface area contributed by atoms with Gasteiger partial charge in [-0.25, -0.2) is 0 Å². The van der Waals surface area contributed by atoms with E-state index in [1.54, 1.807) is 60.7 Å². The molecule has 4 aromatic carbocycles. The molecular formula is C27H18F3N3O4. The summed E-state index contributed by atoms with van der Waals surface area (Å²) in [6, 6.07) is 23.2. The highest BCUT2D eigenvalue weighted by Gasteiger charge is 2.31. The number of benzene rings is 4. The Morgan fingerprint density at radius 3 is 1.59 bits per heavy atom. The van der Waals surface area contributed by atoms with E-state index in [-0.39, 0.29) is 22.6 Å². The Hall–Kier alpha value is -4.99. The number of carbonyl (C=O) groups is 2. The molecule has 0 saturated heterocycles. The zero-order chi connectivity index (χ0) is 26.6. The van der Waals surface area contributed by atoms with Crippen LogP contribution >= 0.6 is 0 Å². The van der Waals surface area contributed by atoms with E-state index in [1.165, 1.54) is 18.2 Å². The zero-order valence-electron chi connectivity index (χ0n) is 19.0. The second-order valence-corrected chi connectivity index (χ2v) is 7.89. The number of rotatable bonds is 5. The van der Waals surface area contributed by atoms with Crippen LogP contribution in [0.1, 0.15) is 5.56 Å². The maximum Gasteiger partial charge on any atom is 0.416 e. The molecule has 0 aliphatic rings. The highest BCUT2D eigenvalue weighted by molar-refractivity contribution is 6.44. The Morgan fingerprint density at radius 1 is 0.676 bits per heavy atom. The lowest BCUT2D eigenvalue weighted by atomic mass is 10.0. The second kappa shape index (κ2) is 10.3. The smallest absolute Gasteiger partial charge is 0.317 e. The molecule has 7 nitrogen and oxygen atoms in total. The van der Waals surface area contributed by atoms with Crippen molar-refractivity contribution in [1.29, 1.82) is 0 Å². The van der Waals surface area contributed by atoms with Crippen LogP contribution in [0.15, 0.2) is 97.1 Å². The minimum atomic E-state index is -4.60. The van der Waals surface area contributed by atoms with Gasteiger partial charge in [-0.1, -0.05) is 60.7 Å². The van der Waals surface area contributed by atoms with E-state index in [1.807, 2.05) is 0 Å². The van der Waals surface area contributed by atoms with Gasteiger partial charge in [0.05, 0.1) is 10.5 Å². The summed E-state index contributed by atoms with van der Waals surface area (Å²) in [6.07, 6.45) is -4.60. The Kier molecular flexibility index (Phi) is 7.01. The maximum absolute atomic E-state index is 13.3. The third kappa shape index (κ3) is 5.81. The largest absolute Gasteiger partial charge is 0.416 e. The SMILES string of the molecule is O=C(Nc1ccc([N+](=O)[O-])cc1-c1ccccc1)C(=O)Nc1ccc(C(F)(F)F)cc1-c1ccccc1. The van der Waals surface area contributed by atoms with Crippen molar-refractivity contribution in [3.63, 3.8) is 0 Å². The number of anilines is 2. The molecule has 0 unspecified atom stereocenters. The molecule has 37 heavy (non-hydrogen) atoms. The molecule has 0 saturated carbocycles. The molecule has 4 rings (SSSR count). The fraction of sp³-hybridized carbons (Fsp3) is 0.0370. The van der Waals surface area contributed by atoms with Crippen LogP contribution in [-0.2, 0) is 15.8 Å². The van der Waals surface area contributed by atoms with Crippen LogP contribution in [-0.4, -0.2) is 16.7 Å². The van der Waals surface area contributed by atoms with Gasteiger partial charge in [-0.3, -0.25) is 19.7 Å². The Morgan fingerprint density at radius 2 is 1.14 bits per heavy atom. The molecule has 2 amide bonds. The number of nitro benzene ring substituents is 1.